The molecule has 8 nitrogen and oxygen atoms in total. The van der Waals surface area contributed by atoms with E-state index >= 15 is 0 Å². The number of nitro benzene ring substituents is 1. The summed E-state index contributed by atoms with van der Waals surface area (Å²) < 4.78 is 6.32. The maximum absolute atomic E-state index is 13.6. The van der Waals surface area contributed by atoms with Crippen molar-refractivity contribution >= 4 is 29.2 Å². The number of rotatable bonds is 3. The van der Waals surface area contributed by atoms with Crippen molar-refractivity contribution in [3.8, 4) is 0 Å². The van der Waals surface area contributed by atoms with E-state index in [-0.39, 0.29) is 29.2 Å². The van der Waals surface area contributed by atoms with Gasteiger partial charge in [-0.15, -0.1) is 0 Å². The summed E-state index contributed by atoms with van der Waals surface area (Å²) in [5.41, 5.74) is 5.26. The minimum absolute atomic E-state index is 0.0110. The standard InChI is InChI=1S/C28H26N4O4/c33-25-13-23-26-20-12-24-28(7-8-30(24)15-17(20)6-9-36-23)21-11-18(4-5-22(21)31(25)27(26)28)29-14-16-2-1-3-19(10-16)32(34)35/h1-6,10-11,14,20,23-24,26-27H,7-9,12-13,15H2/t20-,23?,24-,26?,27?,28?/m0/s1. The molecule has 5 heterocycles. The van der Waals surface area contributed by atoms with E-state index in [0.29, 0.717) is 36.5 Å². The Kier molecular flexibility index (Phi) is 4.11. The summed E-state index contributed by atoms with van der Waals surface area (Å²) in [6.07, 6.45) is 6.60. The molecule has 4 unspecified atom stereocenters. The lowest BCUT2D eigenvalue weighted by molar-refractivity contribution is -0.384. The lowest BCUT2D eigenvalue weighted by atomic mass is 9.53. The number of amides is 1. The number of benzene rings is 2. The highest BCUT2D eigenvalue weighted by Crippen LogP contribution is 2.66. The highest BCUT2D eigenvalue weighted by molar-refractivity contribution is 5.99. The average Bonchev–Trinajstić information content (AvgIpc) is 3.35. The number of carbonyl (C=O) groups excluding carboxylic acids is 1. The van der Waals surface area contributed by atoms with E-state index in [0.717, 1.165) is 37.3 Å². The van der Waals surface area contributed by atoms with Gasteiger partial charge in [0.1, 0.15) is 0 Å². The number of anilines is 1. The maximum Gasteiger partial charge on any atom is 0.270 e. The number of ether oxygens (including phenoxy) is 1. The molecule has 1 aliphatic carbocycles. The number of fused-ring (bicyclic) bond motifs is 2. The monoisotopic (exact) mass is 482 g/mol. The maximum atomic E-state index is 13.6. The molecule has 1 amide bonds. The zero-order valence-corrected chi connectivity index (χ0v) is 19.7. The summed E-state index contributed by atoms with van der Waals surface area (Å²) >= 11 is 0. The van der Waals surface area contributed by atoms with Crippen molar-refractivity contribution in [3.63, 3.8) is 0 Å². The van der Waals surface area contributed by atoms with Crippen LogP contribution in [0.25, 0.3) is 0 Å². The molecule has 1 saturated carbocycles. The third-order valence-electron chi connectivity index (χ3n) is 9.74. The van der Waals surface area contributed by atoms with Crippen LogP contribution in [0, 0.1) is 22.0 Å². The first-order valence-electron chi connectivity index (χ1n) is 12.8. The number of hydrogen-bond acceptors (Lipinski definition) is 6. The molecule has 8 rings (SSSR count). The first-order chi connectivity index (χ1) is 17.5. The molecule has 4 fully saturated rings. The minimum atomic E-state index is -0.392. The van der Waals surface area contributed by atoms with Crippen LogP contribution in [0.4, 0.5) is 17.1 Å². The molecular formula is C28H26N4O4. The van der Waals surface area contributed by atoms with Crippen molar-refractivity contribution in [2.75, 3.05) is 24.6 Å². The Morgan fingerprint density at radius 3 is 3.03 bits per heavy atom. The minimum Gasteiger partial charge on any atom is -0.373 e. The number of non-ortho nitro benzene ring substituents is 1. The lowest BCUT2D eigenvalue weighted by Crippen LogP contribution is -2.69. The van der Waals surface area contributed by atoms with Crippen molar-refractivity contribution in [1.29, 1.82) is 0 Å². The van der Waals surface area contributed by atoms with Crippen molar-refractivity contribution in [1.82, 2.24) is 4.90 Å². The molecule has 5 aliphatic heterocycles. The topological polar surface area (TPSA) is 88.3 Å². The van der Waals surface area contributed by atoms with Crippen LogP contribution in [-0.4, -0.2) is 59.8 Å². The summed E-state index contributed by atoms with van der Waals surface area (Å²) in [7, 11) is 0. The normalized spacial score (nSPS) is 35.6. The van der Waals surface area contributed by atoms with Crippen LogP contribution in [0.1, 0.15) is 30.4 Å². The molecule has 2 aromatic rings. The molecule has 6 aliphatic rings. The first kappa shape index (κ1) is 20.8. The van der Waals surface area contributed by atoms with E-state index in [4.69, 9.17) is 9.73 Å². The molecule has 8 heteroatoms. The highest BCUT2D eigenvalue weighted by Gasteiger charge is 2.71. The number of aliphatic imine (C=N–C) groups is 1. The van der Waals surface area contributed by atoms with Crippen LogP contribution < -0.4 is 4.90 Å². The number of nitro groups is 1. The third kappa shape index (κ3) is 2.56. The van der Waals surface area contributed by atoms with E-state index in [1.54, 1.807) is 12.3 Å². The van der Waals surface area contributed by atoms with Gasteiger partial charge >= 0.3 is 0 Å². The molecule has 3 saturated heterocycles. The van der Waals surface area contributed by atoms with E-state index in [1.165, 1.54) is 23.3 Å². The van der Waals surface area contributed by atoms with Gasteiger partial charge in [0.15, 0.2) is 0 Å². The Balaban J connectivity index is 1.25. The SMILES string of the molecule is O=C1CC2OCC=C3CN4CCC56c7cc(N=Cc8cccc([N+](=O)[O-])c8)ccc7N1C5C2[C@H]3C[C@H]46. The molecule has 2 bridgehead atoms. The van der Waals surface area contributed by atoms with Gasteiger partial charge in [-0.3, -0.25) is 24.8 Å². The second kappa shape index (κ2) is 7.11. The van der Waals surface area contributed by atoms with Gasteiger partial charge in [-0.25, -0.2) is 0 Å². The van der Waals surface area contributed by atoms with Crippen LogP contribution in [0.15, 0.2) is 59.1 Å². The average molecular weight is 483 g/mol. The number of hydrogen-bond donors (Lipinski definition) is 0. The lowest BCUT2D eigenvalue weighted by Gasteiger charge is -2.58. The zero-order valence-electron chi connectivity index (χ0n) is 19.7. The summed E-state index contributed by atoms with van der Waals surface area (Å²) in [5.74, 6) is 0.998. The van der Waals surface area contributed by atoms with Crippen molar-refractivity contribution < 1.29 is 14.5 Å². The Bertz CT molecular complexity index is 1400. The fourth-order valence-corrected chi connectivity index (χ4v) is 8.49. The van der Waals surface area contributed by atoms with Crippen LogP contribution in [0.5, 0.6) is 0 Å². The predicted octanol–water partition coefficient (Wildman–Crippen LogP) is 3.75. The molecule has 2 aromatic carbocycles. The number of carbonyl (C=O) groups is 1. The second-order valence-electron chi connectivity index (χ2n) is 11.1. The molecule has 6 atom stereocenters. The Hall–Kier alpha value is -3.36. The highest BCUT2D eigenvalue weighted by atomic mass is 16.6. The Morgan fingerprint density at radius 2 is 2.14 bits per heavy atom. The molecular weight excluding hydrogens is 456 g/mol. The molecule has 0 aromatic heterocycles. The third-order valence-corrected chi connectivity index (χ3v) is 9.74. The first-order valence-corrected chi connectivity index (χ1v) is 12.8. The zero-order chi connectivity index (χ0) is 24.2. The van der Waals surface area contributed by atoms with Gasteiger partial charge in [0.2, 0.25) is 5.91 Å². The van der Waals surface area contributed by atoms with Crippen LogP contribution in [0.3, 0.4) is 0 Å². The molecule has 0 radical (unpaired) electrons. The van der Waals surface area contributed by atoms with Crippen LogP contribution in [0.2, 0.25) is 0 Å². The Labute approximate surface area is 208 Å². The number of nitrogens with zero attached hydrogens (tertiary/aromatic N) is 4. The molecule has 36 heavy (non-hydrogen) atoms. The summed E-state index contributed by atoms with van der Waals surface area (Å²) in [6.45, 7) is 2.68. The Morgan fingerprint density at radius 1 is 1.22 bits per heavy atom. The largest absolute Gasteiger partial charge is 0.373 e. The second-order valence-corrected chi connectivity index (χ2v) is 11.1. The van der Waals surface area contributed by atoms with E-state index in [2.05, 4.69) is 28.0 Å². The smallest absolute Gasteiger partial charge is 0.270 e. The van der Waals surface area contributed by atoms with Gasteiger partial charge in [-0.05, 0) is 54.6 Å². The van der Waals surface area contributed by atoms with Gasteiger partial charge < -0.3 is 9.64 Å². The molecule has 1 spiro atoms. The van der Waals surface area contributed by atoms with Gasteiger partial charge in [-0.1, -0.05) is 23.8 Å². The van der Waals surface area contributed by atoms with Gasteiger partial charge in [0.25, 0.3) is 5.69 Å². The van der Waals surface area contributed by atoms with Gasteiger partial charge in [-0.2, -0.15) is 0 Å². The molecule has 182 valence electrons. The van der Waals surface area contributed by atoms with Crippen molar-refractivity contribution in [3.05, 3.63) is 75.4 Å². The quantitative estimate of drug-likeness (QED) is 0.288. The fraction of sp³-hybridized carbons (Fsp3) is 0.429. The van der Waals surface area contributed by atoms with E-state index in [1.807, 2.05) is 12.1 Å². The predicted molar refractivity (Wildman–Crippen MR) is 134 cm³/mol. The van der Waals surface area contributed by atoms with Gasteiger partial charge in [0, 0.05) is 48.0 Å². The summed E-state index contributed by atoms with van der Waals surface area (Å²) in [6, 6.07) is 13.3. The number of piperidine rings is 2. The van der Waals surface area contributed by atoms with E-state index < -0.39 is 4.92 Å². The summed E-state index contributed by atoms with van der Waals surface area (Å²) in [4.78, 5) is 33.8. The van der Waals surface area contributed by atoms with E-state index in [9.17, 15) is 14.9 Å². The summed E-state index contributed by atoms with van der Waals surface area (Å²) in [5, 5.41) is 11.1. The van der Waals surface area contributed by atoms with Crippen molar-refractivity contribution in [2.45, 2.75) is 42.9 Å². The van der Waals surface area contributed by atoms with Crippen LogP contribution in [-0.2, 0) is 14.9 Å². The van der Waals surface area contributed by atoms with Crippen molar-refractivity contribution in [2.24, 2.45) is 16.8 Å². The van der Waals surface area contributed by atoms with Crippen LogP contribution >= 0.6 is 0 Å². The molecule has 0 N–H and O–H groups in total. The fourth-order valence-electron chi connectivity index (χ4n) is 8.49. The van der Waals surface area contributed by atoms with Gasteiger partial charge in [0.05, 0.1) is 35.8 Å².